The van der Waals surface area contributed by atoms with E-state index in [-0.39, 0.29) is 12.1 Å². The van der Waals surface area contributed by atoms with Crippen LogP contribution in [0, 0.1) is 0 Å². The summed E-state index contributed by atoms with van der Waals surface area (Å²) in [6.07, 6.45) is 0. The van der Waals surface area contributed by atoms with Gasteiger partial charge in [-0.2, -0.15) is 0 Å². The summed E-state index contributed by atoms with van der Waals surface area (Å²) in [7, 11) is 8.90. The fourth-order valence-electron chi connectivity index (χ4n) is 4.58. The summed E-state index contributed by atoms with van der Waals surface area (Å²) in [4.78, 5) is 9.78. The monoisotopic (exact) mass is 468 g/mol. The SMILES string of the molecule is CN1CCOCCOCCN(C)CCN(C)[C@@H](c2ccccc2)[C@H](c2ccccc2)N(C)CC1. The van der Waals surface area contributed by atoms with E-state index in [1.165, 1.54) is 11.1 Å². The van der Waals surface area contributed by atoms with Crippen molar-refractivity contribution in [1.29, 1.82) is 0 Å². The van der Waals surface area contributed by atoms with Crippen molar-refractivity contribution >= 4 is 0 Å². The molecule has 0 unspecified atom stereocenters. The molecule has 0 aliphatic carbocycles. The highest BCUT2D eigenvalue weighted by atomic mass is 16.5. The van der Waals surface area contributed by atoms with Crippen LogP contribution in [0.25, 0.3) is 0 Å². The fourth-order valence-corrected chi connectivity index (χ4v) is 4.58. The van der Waals surface area contributed by atoms with Gasteiger partial charge in [0.2, 0.25) is 0 Å². The molecule has 0 bridgehead atoms. The first-order valence-electron chi connectivity index (χ1n) is 12.6. The fraction of sp³-hybridized carbons (Fsp3) is 0.571. The third-order valence-corrected chi connectivity index (χ3v) is 6.81. The largest absolute Gasteiger partial charge is 0.378 e. The van der Waals surface area contributed by atoms with Crippen LogP contribution < -0.4 is 0 Å². The topological polar surface area (TPSA) is 31.4 Å². The second-order valence-corrected chi connectivity index (χ2v) is 9.50. The highest BCUT2D eigenvalue weighted by Crippen LogP contribution is 2.37. The Morgan fingerprint density at radius 2 is 0.882 bits per heavy atom. The van der Waals surface area contributed by atoms with Crippen LogP contribution in [-0.4, -0.2) is 113 Å². The zero-order valence-corrected chi connectivity index (χ0v) is 21.6. The summed E-state index contributed by atoms with van der Waals surface area (Å²) >= 11 is 0. The van der Waals surface area contributed by atoms with Gasteiger partial charge >= 0.3 is 0 Å². The average molecular weight is 469 g/mol. The minimum absolute atomic E-state index is 0.241. The summed E-state index contributed by atoms with van der Waals surface area (Å²) in [5.41, 5.74) is 2.71. The molecule has 1 aliphatic heterocycles. The molecule has 0 aromatic heterocycles. The lowest BCUT2D eigenvalue weighted by Gasteiger charge is -2.41. The molecule has 1 saturated heterocycles. The molecule has 6 heteroatoms. The van der Waals surface area contributed by atoms with Gasteiger partial charge in [0.25, 0.3) is 0 Å². The molecule has 1 aliphatic rings. The maximum atomic E-state index is 5.78. The van der Waals surface area contributed by atoms with E-state index in [0.717, 1.165) is 52.5 Å². The molecule has 0 N–H and O–H groups in total. The van der Waals surface area contributed by atoms with Crippen molar-refractivity contribution in [3.8, 4) is 0 Å². The summed E-state index contributed by atoms with van der Waals surface area (Å²) in [6, 6.07) is 22.4. The van der Waals surface area contributed by atoms with Crippen molar-refractivity contribution in [1.82, 2.24) is 19.6 Å². The van der Waals surface area contributed by atoms with Crippen LogP contribution in [0.1, 0.15) is 23.2 Å². The zero-order chi connectivity index (χ0) is 24.2. The van der Waals surface area contributed by atoms with Crippen LogP contribution in [0.2, 0.25) is 0 Å². The van der Waals surface area contributed by atoms with Gasteiger partial charge in [-0.05, 0) is 39.3 Å². The second-order valence-electron chi connectivity index (χ2n) is 9.50. The molecule has 0 spiro atoms. The standard InChI is InChI=1S/C28H44N4O2/c1-29-15-17-31(3)27(25-11-7-5-8-12-25)28(26-13-9-6-10-14-26)32(4)18-16-30(2)20-22-34-24-23-33-21-19-29/h5-14,27-28H,15-24H2,1-4H3/t27-,28-/m0/s1. The van der Waals surface area contributed by atoms with Crippen molar-refractivity contribution in [2.45, 2.75) is 12.1 Å². The first kappa shape index (κ1) is 26.8. The number of benzene rings is 2. The Morgan fingerprint density at radius 1 is 0.500 bits per heavy atom. The molecular weight excluding hydrogens is 424 g/mol. The minimum atomic E-state index is 0.241. The number of rotatable bonds is 2. The van der Waals surface area contributed by atoms with Crippen LogP contribution in [0.5, 0.6) is 0 Å². The summed E-state index contributed by atoms with van der Waals surface area (Å²) < 4.78 is 11.6. The molecule has 2 atom stereocenters. The van der Waals surface area contributed by atoms with Gasteiger partial charge in [-0.3, -0.25) is 9.80 Å². The lowest BCUT2D eigenvalue weighted by atomic mass is 9.91. The van der Waals surface area contributed by atoms with Crippen molar-refractivity contribution in [3.63, 3.8) is 0 Å². The second kappa shape index (κ2) is 14.6. The predicted molar refractivity (Wildman–Crippen MR) is 140 cm³/mol. The van der Waals surface area contributed by atoms with Gasteiger partial charge in [0.15, 0.2) is 0 Å². The van der Waals surface area contributed by atoms with Crippen LogP contribution >= 0.6 is 0 Å². The van der Waals surface area contributed by atoms with Crippen LogP contribution in [0.15, 0.2) is 60.7 Å². The molecule has 0 radical (unpaired) electrons. The molecule has 2 aromatic rings. The van der Waals surface area contributed by atoms with E-state index < -0.39 is 0 Å². The van der Waals surface area contributed by atoms with E-state index in [1.54, 1.807) is 0 Å². The zero-order valence-electron chi connectivity index (χ0n) is 21.6. The van der Waals surface area contributed by atoms with E-state index in [2.05, 4.69) is 108 Å². The Balaban J connectivity index is 1.89. The van der Waals surface area contributed by atoms with Crippen LogP contribution in [-0.2, 0) is 9.47 Å². The van der Waals surface area contributed by atoms with Crippen molar-refractivity contribution < 1.29 is 9.47 Å². The number of likely N-dealkylation sites (N-methyl/N-ethyl adjacent to an activating group) is 4. The van der Waals surface area contributed by atoms with Gasteiger partial charge in [0.05, 0.1) is 38.5 Å². The molecule has 34 heavy (non-hydrogen) atoms. The normalized spacial score (nSPS) is 24.9. The van der Waals surface area contributed by atoms with Crippen molar-refractivity contribution in [2.24, 2.45) is 0 Å². The van der Waals surface area contributed by atoms with E-state index in [9.17, 15) is 0 Å². The molecule has 1 fully saturated rings. The smallest absolute Gasteiger partial charge is 0.0701 e. The lowest BCUT2D eigenvalue weighted by Crippen LogP contribution is -2.43. The number of hydrogen-bond donors (Lipinski definition) is 0. The van der Waals surface area contributed by atoms with Crippen LogP contribution in [0.3, 0.4) is 0 Å². The predicted octanol–water partition coefficient (Wildman–Crippen LogP) is 3.24. The lowest BCUT2D eigenvalue weighted by molar-refractivity contribution is 0.0301. The average Bonchev–Trinajstić information content (AvgIpc) is 2.86. The van der Waals surface area contributed by atoms with E-state index in [4.69, 9.17) is 9.47 Å². The summed E-state index contributed by atoms with van der Waals surface area (Å²) in [5.74, 6) is 0. The first-order valence-corrected chi connectivity index (χ1v) is 12.6. The van der Waals surface area contributed by atoms with Gasteiger partial charge in [-0.1, -0.05) is 60.7 Å². The van der Waals surface area contributed by atoms with E-state index in [1.807, 2.05) is 0 Å². The quantitative estimate of drug-likeness (QED) is 0.673. The Hall–Kier alpha value is -1.80. The highest BCUT2D eigenvalue weighted by molar-refractivity contribution is 5.28. The molecule has 0 saturated carbocycles. The Bertz CT molecular complexity index is 724. The molecule has 2 aromatic carbocycles. The molecule has 6 nitrogen and oxygen atoms in total. The van der Waals surface area contributed by atoms with Crippen molar-refractivity contribution in [3.05, 3.63) is 71.8 Å². The molecular formula is C28H44N4O2. The number of nitrogens with zero attached hydrogens (tertiary/aromatic N) is 4. The van der Waals surface area contributed by atoms with Gasteiger partial charge in [0.1, 0.15) is 0 Å². The van der Waals surface area contributed by atoms with Crippen molar-refractivity contribution in [2.75, 3.05) is 93.9 Å². The first-order chi connectivity index (χ1) is 16.6. The number of ether oxygens (including phenoxy) is 2. The molecule has 3 rings (SSSR count). The van der Waals surface area contributed by atoms with Crippen LogP contribution in [0.4, 0.5) is 0 Å². The Kier molecular flexibility index (Phi) is 11.5. The van der Waals surface area contributed by atoms with Gasteiger partial charge in [-0.15, -0.1) is 0 Å². The maximum absolute atomic E-state index is 5.78. The molecule has 0 amide bonds. The minimum Gasteiger partial charge on any atom is -0.378 e. The number of hydrogen-bond acceptors (Lipinski definition) is 6. The highest BCUT2D eigenvalue weighted by Gasteiger charge is 2.31. The Morgan fingerprint density at radius 3 is 1.26 bits per heavy atom. The summed E-state index contributed by atoms with van der Waals surface area (Å²) in [5, 5.41) is 0. The third-order valence-electron chi connectivity index (χ3n) is 6.81. The van der Waals surface area contributed by atoms with Gasteiger partial charge in [-0.25, -0.2) is 0 Å². The summed E-state index contributed by atoms with van der Waals surface area (Å²) in [6.45, 7) is 8.60. The molecule has 188 valence electrons. The van der Waals surface area contributed by atoms with E-state index >= 15 is 0 Å². The molecule has 1 heterocycles. The van der Waals surface area contributed by atoms with Gasteiger partial charge in [0, 0.05) is 39.3 Å². The maximum Gasteiger partial charge on any atom is 0.0701 e. The van der Waals surface area contributed by atoms with Gasteiger partial charge < -0.3 is 19.3 Å². The Labute approximate surface area is 207 Å². The van der Waals surface area contributed by atoms with E-state index in [0.29, 0.717) is 13.2 Å². The third kappa shape index (κ3) is 8.45.